The number of nitrogens with zero attached hydrogens (tertiary/aromatic N) is 2. The molecule has 1 heterocycles. The number of methoxy groups -OCH3 is 1. The lowest BCUT2D eigenvalue weighted by atomic mass is 10.2. The Kier molecular flexibility index (Phi) is 6.38. The number of halogens is 1. The molecule has 9 heteroatoms. The van der Waals surface area contributed by atoms with Crippen LogP contribution in [0.4, 0.5) is 11.4 Å². The van der Waals surface area contributed by atoms with Crippen LogP contribution in [0.25, 0.3) is 0 Å². The number of aryl methyl sites for hydroxylation is 1. The molecule has 160 valence electrons. The average molecular weight is 450 g/mol. The number of rotatable bonds is 6. The molecule has 0 atom stereocenters. The van der Waals surface area contributed by atoms with Gasteiger partial charge in [0.1, 0.15) is 16.5 Å². The Bertz CT molecular complexity index is 1110. The predicted octanol–water partition coefficient (Wildman–Crippen LogP) is 4.38. The molecular weight excluding hydrogens is 426 g/mol. The SMILES string of the molecule is COc1ccc2c(c1)S(=O)(=O)N(CC(C)C)C(CC(=O)Nc1cc(C)ccc1Cl)=N2. The van der Waals surface area contributed by atoms with Crippen LogP contribution >= 0.6 is 11.6 Å². The van der Waals surface area contributed by atoms with Gasteiger partial charge in [-0.3, -0.25) is 9.10 Å². The molecule has 3 rings (SSSR count). The second-order valence-corrected chi connectivity index (χ2v) is 9.74. The van der Waals surface area contributed by atoms with Gasteiger partial charge in [0.25, 0.3) is 10.0 Å². The number of carbonyl (C=O) groups excluding carboxylic acids is 1. The molecule has 0 unspecified atom stereocenters. The van der Waals surface area contributed by atoms with Crippen molar-refractivity contribution >= 4 is 44.7 Å². The molecule has 2 aromatic rings. The lowest BCUT2D eigenvalue weighted by Gasteiger charge is -2.31. The van der Waals surface area contributed by atoms with E-state index in [1.165, 1.54) is 17.5 Å². The standard InChI is InChI=1S/C21H24ClN3O4S/c1-13(2)12-25-20(11-21(26)24-18-9-14(3)5-7-16(18)22)23-17-8-6-15(29-4)10-19(17)30(25,27)28/h5-10,13H,11-12H2,1-4H3,(H,24,26). The Labute approximate surface area is 181 Å². The molecule has 0 saturated carbocycles. The molecule has 7 nitrogen and oxygen atoms in total. The van der Waals surface area contributed by atoms with Crippen LogP contribution in [0.1, 0.15) is 25.8 Å². The first-order valence-corrected chi connectivity index (χ1v) is 11.3. The minimum Gasteiger partial charge on any atom is -0.497 e. The van der Waals surface area contributed by atoms with E-state index in [9.17, 15) is 13.2 Å². The zero-order valence-corrected chi connectivity index (χ0v) is 18.8. The van der Waals surface area contributed by atoms with Gasteiger partial charge in [0.15, 0.2) is 0 Å². The topological polar surface area (TPSA) is 88.1 Å². The summed E-state index contributed by atoms with van der Waals surface area (Å²) in [5.41, 5.74) is 1.70. The monoisotopic (exact) mass is 449 g/mol. The van der Waals surface area contributed by atoms with Gasteiger partial charge >= 0.3 is 0 Å². The lowest BCUT2D eigenvalue weighted by molar-refractivity contribution is -0.115. The molecule has 0 fully saturated rings. The van der Waals surface area contributed by atoms with E-state index < -0.39 is 15.9 Å². The van der Waals surface area contributed by atoms with Gasteiger partial charge in [-0.25, -0.2) is 13.4 Å². The van der Waals surface area contributed by atoms with Crippen molar-refractivity contribution < 1.29 is 17.9 Å². The fraction of sp³-hybridized carbons (Fsp3) is 0.333. The van der Waals surface area contributed by atoms with E-state index in [-0.39, 0.29) is 35.3 Å². The van der Waals surface area contributed by atoms with E-state index >= 15 is 0 Å². The van der Waals surface area contributed by atoms with Crippen LogP contribution in [0.2, 0.25) is 5.02 Å². The number of hydrogen-bond donors (Lipinski definition) is 1. The summed E-state index contributed by atoms with van der Waals surface area (Å²) in [5, 5.41) is 3.15. The van der Waals surface area contributed by atoms with Gasteiger partial charge in [-0.1, -0.05) is 31.5 Å². The van der Waals surface area contributed by atoms with Gasteiger partial charge in [0.05, 0.1) is 29.9 Å². The number of amidine groups is 1. The second-order valence-electron chi connectivity index (χ2n) is 7.50. The van der Waals surface area contributed by atoms with Crippen LogP contribution in [0.5, 0.6) is 5.75 Å². The number of amides is 1. The van der Waals surface area contributed by atoms with Crippen molar-refractivity contribution in [2.45, 2.75) is 32.1 Å². The smallest absolute Gasteiger partial charge is 0.267 e. The number of sulfonamides is 1. The number of carbonyl (C=O) groups is 1. The summed E-state index contributed by atoms with van der Waals surface area (Å²) in [6.45, 7) is 5.90. The van der Waals surface area contributed by atoms with Crippen LogP contribution in [-0.4, -0.2) is 38.1 Å². The third kappa shape index (κ3) is 4.60. The van der Waals surface area contributed by atoms with Gasteiger partial charge in [0, 0.05) is 12.6 Å². The molecule has 0 bridgehead atoms. The Morgan fingerprint density at radius 2 is 1.97 bits per heavy atom. The van der Waals surface area contributed by atoms with E-state index in [0.717, 1.165) is 5.56 Å². The minimum absolute atomic E-state index is 0.0337. The number of hydrogen-bond acceptors (Lipinski definition) is 5. The molecular formula is C21H24ClN3O4S. The highest BCUT2D eigenvalue weighted by Gasteiger charge is 2.35. The van der Waals surface area contributed by atoms with Crippen molar-refractivity contribution in [2.24, 2.45) is 10.9 Å². The Hall–Kier alpha value is -2.58. The van der Waals surface area contributed by atoms with E-state index in [4.69, 9.17) is 16.3 Å². The first kappa shape index (κ1) is 22.1. The van der Waals surface area contributed by atoms with Crippen LogP contribution < -0.4 is 10.1 Å². The molecule has 1 aliphatic rings. The summed E-state index contributed by atoms with van der Waals surface area (Å²) in [6, 6.07) is 9.96. The van der Waals surface area contributed by atoms with Gasteiger partial charge < -0.3 is 10.1 Å². The molecule has 2 aromatic carbocycles. The highest BCUT2D eigenvalue weighted by molar-refractivity contribution is 7.90. The van der Waals surface area contributed by atoms with E-state index in [2.05, 4.69) is 10.3 Å². The van der Waals surface area contributed by atoms with Gasteiger partial charge in [-0.15, -0.1) is 0 Å². The highest BCUT2D eigenvalue weighted by atomic mass is 35.5. The first-order valence-electron chi connectivity index (χ1n) is 9.46. The van der Waals surface area contributed by atoms with Crippen molar-refractivity contribution in [3.63, 3.8) is 0 Å². The van der Waals surface area contributed by atoms with Crippen LogP contribution in [0, 0.1) is 12.8 Å². The van der Waals surface area contributed by atoms with Crippen LogP contribution in [0.3, 0.4) is 0 Å². The van der Waals surface area contributed by atoms with Crippen LogP contribution in [-0.2, 0) is 14.8 Å². The molecule has 30 heavy (non-hydrogen) atoms. The van der Waals surface area contributed by atoms with Crippen molar-refractivity contribution in [1.82, 2.24) is 4.31 Å². The lowest BCUT2D eigenvalue weighted by Crippen LogP contribution is -2.42. The Morgan fingerprint density at radius 3 is 2.63 bits per heavy atom. The highest BCUT2D eigenvalue weighted by Crippen LogP contribution is 2.36. The fourth-order valence-corrected chi connectivity index (χ4v) is 5.03. The Morgan fingerprint density at radius 1 is 1.23 bits per heavy atom. The van der Waals surface area contributed by atoms with Gasteiger partial charge in [-0.05, 0) is 42.7 Å². The molecule has 0 saturated heterocycles. The summed E-state index contributed by atoms with van der Waals surface area (Å²) in [5.74, 6) is 0.225. The molecule has 0 spiro atoms. The van der Waals surface area contributed by atoms with Crippen molar-refractivity contribution in [1.29, 1.82) is 0 Å². The summed E-state index contributed by atoms with van der Waals surface area (Å²) < 4.78 is 33.0. The number of nitrogens with one attached hydrogen (secondary N) is 1. The maximum atomic E-state index is 13.3. The summed E-state index contributed by atoms with van der Waals surface area (Å²) >= 11 is 6.16. The van der Waals surface area contributed by atoms with E-state index in [0.29, 0.717) is 16.5 Å². The average Bonchev–Trinajstić information content (AvgIpc) is 2.67. The summed E-state index contributed by atoms with van der Waals surface area (Å²) in [6.07, 6.45) is -0.207. The van der Waals surface area contributed by atoms with Gasteiger partial charge in [0.2, 0.25) is 5.91 Å². The second kappa shape index (κ2) is 8.65. The van der Waals surface area contributed by atoms with E-state index in [1.54, 1.807) is 24.3 Å². The third-order valence-electron chi connectivity index (χ3n) is 4.52. The summed E-state index contributed by atoms with van der Waals surface area (Å²) in [7, 11) is -2.41. The van der Waals surface area contributed by atoms with Gasteiger partial charge in [-0.2, -0.15) is 0 Å². The molecule has 0 radical (unpaired) electrons. The maximum Gasteiger partial charge on any atom is 0.267 e. The fourth-order valence-electron chi connectivity index (χ4n) is 3.11. The molecule has 0 aromatic heterocycles. The third-order valence-corrected chi connectivity index (χ3v) is 6.67. The largest absolute Gasteiger partial charge is 0.497 e. The number of aliphatic imine (C=N–C) groups is 1. The molecule has 0 aliphatic carbocycles. The quantitative estimate of drug-likeness (QED) is 0.708. The number of anilines is 1. The summed E-state index contributed by atoms with van der Waals surface area (Å²) in [4.78, 5) is 17.3. The molecule has 1 N–H and O–H groups in total. The number of ether oxygens (including phenoxy) is 1. The first-order chi connectivity index (χ1) is 14.1. The molecule has 1 amide bonds. The van der Waals surface area contributed by atoms with Crippen molar-refractivity contribution in [3.05, 3.63) is 47.0 Å². The van der Waals surface area contributed by atoms with Crippen LogP contribution in [0.15, 0.2) is 46.3 Å². The normalized spacial score (nSPS) is 14.9. The Balaban J connectivity index is 1.96. The maximum absolute atomic E-state index is 13.3. The predicted molar refractivity (Wildman–Crippen MR) is 118 cm³/mol. The van der Waals surface area contributed by atoms with Crippen molar-refractivity contribution in [2.75, 3.05) is 19.0 Å². The minimum atomic E-state index is -3.88. The zero-order chi connectivity index (χ0) is 22.1. The van der Waals surface area contributed by atoms with Crippen molar-refractivity contribution in [3.8, 4) is 5.75 Å². The number of benzene rings is 2. The number of fused-ring (bicyclic) bond motifs is 1. The van der Waals surface area contributed by atoms with E-state index in [1.807, 2.05) is 26.8 Å². The zero-order valence-electron chi connectivity index (χ0n) is 17.3. The molecule has 1 aliphatic heterocycles.